The Hall–Kier alpha value is -0.570. The topological polar surface area (TPSA) is 32.3 Å². The third kappa shape index (κ3) is 4.27. The summed E-state index contributed by atoms with van der Waals surface area (Å²) in [4.78, 5) is 13.6. The number of carbonyl (C=O) groups excluding carboxylic acids is 1. The summed E-state index contributed by atoms with van der Waals surface area (Å²) in [6, 6.07) is 0. The van der Waals surface area contributed by atoms with Crippen molar-refractivity contribution in [2.45, 2.75) is 32.6 Å². The van der Waals surface area contributed by atoms with Crippen molar-refractivity contribution >= 4 is 5.91 Å². The van der Waals surface area contributed by atoms with Crippen molar-refractivity contribution in [1.29, 1.82) is 0 Å². The van der Waals surface area contributed by atoms with E-state index < -0.39 is 0 Å². The van der Waals surface area contributed by atoms with Crippen LogP contribution in [-0.2, 0) is 4.79 Å². The molecular formula is C10H20N2O. The molecular weight excluding hydrogens is 164 g/mol. The molecule has 0 bridgehead atoms. The summed E-state index contributed by atoms with van der Waals surface area (Å²) in [5.41, 5.74) is 0. The quantitative estimate of drug-likeness (QED) is 0.691. The lowest BCUT2D eigenvalue weighted by atomic mass is 10.3. The van der Waals surface area contributed by atoms with E-state index in [4.69, 9.17) is 0 Å². The number of carbonyl (C=O) groups is 1. The Labute approximate surface area is 80.5 Å². The van der Waals surface area contributed by atoms with Crippen LogP contribution in [-0.4, -0.2) is 37.0 Å². The second-order valence-electron chi connectivity index (χ2n) is 3.65. The van der Waals surface area contributed by atoms with Crippen LogP contribution in [0.15, 0.2) is 0 Å². The zero-order valence-electron chi connectivity index (χ0n) is 8.51. The summed E-state index contributed by atoms with van der Waals surface area (Å²) in [6.07, 6.45) is 4.29. The van der Waals surface area contributed by atoms with E-state index in [-0.39, 0.29) is 5.91 Å². The summed E-state index contributed by atoms with van der Waals surface area (Å²) in [6.45, 7) is 6.19. The summed E-state index contributed by atoms with van der Waals surface area (Å²) >= 11 is 0. The van der Waals surface area contributed by atoms with Crippen LogP contribution in [0.2, 0.25) is 0 Å². The Morgan fingerprint density at radius 2 is 2.08 bits per heavy atom. The zero-order chi connectivity index (χ0) is 9.52. The molecule has 1 saturated heterocycles. The van der Waals surface area contributed by atoms with Crippen molar-refractivity contribution in [3.63, 3.8) is 0 Å². The molecule has 3 heteroatoms. The molecule has 1 heterocycles. The Balaban J connectivity index is 2.00. The Kier molecular flexibility index (Phi) is 4.83. The van der Waals surface area contributed by atoms with Crippen LogP contribution in [0.4, 0.5) is 0 Å². The summed E-state index contributed by atoms with van der Waals surface area (Å²) in [7, 11) is 0. The molecule has 0 unspecified atom stereocenters. The average Bonchev–Trinajstić information content (AvgIpc) is 2.64. The first-order valence-corrected chi connectivity index (χ1v) is 5.32. The first-order chi connectivity index (χ1) is 6.33. The number of hydrogen-bond acceptors (Lipinski definition) is 2. The SMILES string of the molecule is CCCNC(=O)CCN1CCCC1. The highest BCUT2D eigenvalue weighted by molar-refractivity contribution is 5.75. The third-order valence-electron chi connectivity index (χ3n) is 2.43. The molecule has 13 heavy (non-hydrogen) atoms. The van der Waals surface area contributed by atoms with Crippen molar-refractivity contribution in [2.75, 3.05) is 26.2 Å². The molecule has 0 aliphatic carbocycles. The highest BCUT2D eigenvalue weighted by atomic mass is 16.1. The normalized spacial score (nSPS) is 17.6. The van der Waals surface area contributed by atoms with Gasteiger partial charge < -0.3 is 10.2 Å². The molecule has 76 valence electrons. The molecule has 1 rings (SSSR count). The van der Waals surface area contributed by atoms with Gasteiger partial charge in [0.05, 0.1) is 0 Å². The van der Waals surface area contributed by atoms with Crippen LogP contribution in [0, 0.1) is 0 Å². The van der Waals surface area contributed by atoms with Crippen molar-refractivity contribution in [3.8, 4) is 0 Å². The molecule has 3 nitrogen and oxygen atoms in total. The van der Waals surface area contributed by atoms with Crippen molar-refractivity contribution < 1.29 is 4.79 Å². The van der Waals surface area contributed by atoms with Crippen LogP contribution in [0.3, 0.4) is 0 Å². The minimum Gasteiger partial charge on any atom is -0.356 e. The molecule has 0 aromatic rings. The molecule has 0 aromatic heterocycles. The first kappa shape index (κ1) is 10.5. The van der Waals surface area contributed by atoms with Gasteiger partial charge in [0.2, 0.25) is 5.91 Å². The van der Waals surface area contributed by atoms with E-state index in [1.54, 1.807) is 0 Å². The number of rotatable bonds is 5. The average molecular weight is 184 g/mol. The largest absolute Gasteiger partial charge is 0.356 e. The summed E-state index contributed by atoms with van der Waals surface area (Å²) < 4.78 is 0. The molecule has 1 fully saturated rings. The van der Waals surface area contributed by atoms with E-state index in [0.29, 0.717) is 6.42 Å². The smallest absolute Gasteiger partial charge is 0.221 e. The molecule has 0 saturated carbocycles. The lowest BCUT2D eigenvalue weighted by Crippen LogP contribution is -2.29. The molecule has 0 atom stereocenters. The highest BCUT2D eigenvalue weighted by Gasteiger charge is 2.12. The van der Waals surface area contributed by atoms with Gasteiger partial charge in [-0.15, -0.1) is 0 Å². The summed E-state index contributed by atoms with van der Waals surface area (Å²) in [5, 5.41) is 2.89. The minimum absolute atomic E-state index is 0.203. The van der Waals surface area contributed by atoms with Crippen molar-refractivity contribution in [1.82, 2.24) is 10.2 Å². The molecule has 0 spiro atoms. The molecule has 1 aliphatic heterocycles. The fourth-order valence-corrected chi connectivity index (χ4v) is 1.62. The van der Waals surface area contributed by atoms with E-state index in [9.17, 15) is 4.79 Å². The van der Waals surface area contributed by atoms with Gasteiger partial charge in [0, 0.05) is 19.5 Å². The Morgan fingerprint density at radius 1 is 1.38 bits per heavy atom. The number of nitrogens with zero attached hydrogens (tertiary/aromatic N) is 1. The molecule has 1 N–H and O–H groups in total. The number of hydrogen-bond donors (Lipinski definition) is 1. The fourth-order valence-electron chi connectivity index (χ4n) is 1.62. The van der Waals surface area contributed by atoms with Gasteiger partial charge in [-0.1, -0.05) is 6.92 Å². The van der Waals surface area contributed by atoms with E-state index in [2.05, 4.69) is 17.1 Å². The van der Waals surface area contributed by atoms with Gasteiger partial charge >= 0.3 is 0 Å². The van der Waals surface area contributed by atoms with Crippen molar-refractivity contribution in [2.24, 2.45) is 0 Å². The predicted octanol–water partition coefficient (Wildman–Crippen LogP) is 0.998. The van der Waals surface area contributed by atoms with Crippen LogP contribution in [0.5, 0.6) is 0 Å². The second kappa shape index (κ2) is 5.97. The van der Waals surface area contributed by atoms with E-state index in [1.165, 1.54) is 25.9 Å². The van der Waals surface area contributed by atoms with E-state index >= 15 is 0 Å². The molecule has 0 radical (unpaired) electrons. The lowest BCUT2D eigenvalue weighted by Gasteiger charge is -2.13. The standard InChI is InChI=1S/C10H20N2O/c1-2-6-11-10(13)5-9-12-7-3-4-8-12/h2-9H2,1H3,(H,11,13). The highest BCUT2D eigenvalue weighted by Crippen LogP contribution is 2.06. The zero-order valence-corrected chi connectivity index (χ0v) is 8.51. The number of nitrogens with one attached hydrogen (secondary N) is 1. The predicted molar refractivity (Wildman–Crippen MR) is 53.6 cm³/mol. The minimum atomic E-state index is 0.203. The third-order valence-corrected chi connectivity index (χ3v) is 2.43. The first-order valence-electron chi connectivity index (χ1n) is 5.32. The van der Waals surface area contributed by atoms with Crippen LogP contribution in [0.1, 0.15) is 32.6 Å². The van der Waals surface area contributed by atoms with Gasteiger partial charge in [-0.05, 0) is 32.4 Å². The number of likely N-dealkylation sites (tertiary alicyclic amines) is 1. The fraction of sp³-hybridized carbons (Fsp3) is 0.900. The molecule has 1 amide bonds. The maximum absolute atomic E-state index is 11.2. The van der Waals surface area contributed by atoms with Crippen molar-refractivity contribution in [3.05, 3.63) is 0 Å². The second-order valence-corrected chi connectivity index (χ2v) is 3.65. The maximum Gasteiger partial charge on any atom is 0.221 e. The van der Waals surface area contributed by atoms with Crippen LogP contribution < -0.4 is 5.32 Å². The lowest BCUT2D eigenvalue weighted by molar-refractivity contribution is -0.121. The molecule has 0 aromatic carbocycles. The van der Waals surface area contributed by atoms with Gasteiger partial charge in [-0.2, -0.15) is 0 Å². The Morgan fingerprint density at radius 3 is 2.69 bits per heavy atom. The van der Waals surface area contributed by atoms with Gasteiger partial charge in [0.15, 0.2) is 0 Å². The van der Waals surface area contributed by atoms with Gasteiger partial charge in [-0.25, -0.2) is 0 Å². The van der Waals surface area contributed by atoms with Gasteiger partial charge in [-0.3, -0.25) is 4.79 Å². The maximum atomic E-state index is 11.2. The van der Waals surface area contributed by atoms with E-state index in [0.717, 1.165) is 19.5 Å². The molecule has 1 aliphatic rings. The van der Waals surface area contributed by atoms with Gasteiger partial charge in [0.1, 0.15) is 0 Å². The Bertz CT molecular complexity index is 153. The van der Waals surface area contributed by atoms with E-state index in [1.807, 2.05) is 0 Å². The van der Waals surface area contributed by atoms with Crippen LogP contribution in [0.25, 0.3) is 0 Å². The van der Waals surface area contributed by atoms with Gasteiger partial charge in [0.25, 0.3) is 0 Å². The summed E-state index contributed by atoms with van der Waals surface area (Å²) in [5.74, 6) is 0.203. The monoisotopic (exact) mass is 184 g/mol. The van der Waals surface area contributed by atoms with Crippen LogP contribution >= 0.6 is 0 Å². The number of amides is 1.